The summed E-state index contributed by atoms with van der Waals surface area (Å²) >= 11 is 0. The fraction of sp³-hybridized carbons (Fsp3) is 0.690. The molecule has 1 fully saturated rings. The third kappa shape index (κ3) is 9.56. The van der Waals surface area contributed by atoms with Crippen LogP contribution in [0.4, 0.5) is 4.79 Å². The second-order valence-electron chi connectivity index (χ2n) is 11.7. The first kappa shape index (κ1) is 30.5. The number of phenolic OH excluding ortho intramolecular Hbond substituents is 1. The van der Waals surface area contributed by atoms with Crippen molar-refractivity contribution in [2.24, 2.45) is 5.92 Å². The van der Waals surface area contributed by atoms with E-state index < -0.39 is 23.6 Å². The molecule has 3 amide bonds. The molecule has 2 rings (SSSR count). The number of nitrogens with zero attached hydrogens (tertiary/aromatic N) is 1. The number of hydrogen-bond acceptors (Lipinski definition) is 5. The number of phenols is 1. The summed E-state index contributed by atoms with van der Waals surface area (Å²) in [6.07, 6.45) is 5.90. The number of alkyl carbamates (subject to hydrolysis) is 1. The van der Waals surface area contributed by atoms with E-state index in [0.29, 0.717) is 23.5 Å². The summed E-state index contributed by atoms with van der Waals surface area (Å²) in [5, 5.41) is 16.7. The molecule has 1 aromatic carbocycles. The van der Waals surface area contributed by atoms with Crippen LogP contribution in [0, 0.1) is 12.8 Å². The first-order valence-corrected chi connectivity index (χ1v) is 13.7. The van der Waals surface area contributed by atoms with Crippen molar-refractivity contribution in [1.29, 1.82) is 0 Å². The summed E-state index contributed by atoms with van der Waals surface area (Å²) < 4.78 is 5.30. The fourth-order valence-corrected chi connectivity index (χ4v) is 4.76. The summed E-state index contributed by atoms with van der Waals surface area (Å²) in [6, 6.07) is 3.95. The lowest BCUT2D eigenvalue weighted by Crippen LogP contribution is -2.52. The van der Waals surface area contributed by atoms with Gasteiger partial charge in [-0.1, -0.05) is 51.3 Å². The zero-order valence-electron chi connectivity index (χ0n) is 23.7. The van der Waals surface area contributed by atoms with Crippen LogP contribution >= 0.6 is 0 Å². The Morgan fingerprint density at radius 2 is 1.73 bits per heavy atom. The van der Waals surface area contributed by atoms with Gasteiger partial charge in [0.05, 0.1) is 0 Å². The number of aryl methyl sites for hydroxylation is 1. The minimum atomic E-state index is -1.03. The molecule has 1 aliphatic carbocycles. The van der Waals surface area contributed by atoms with Crippen LogP contribution in [0.1, 0.15) is 104 Å². The Morgan fingerprint density at radius 1 is 1.08 bits per heavy atom. The van der Waals surface area contributed by atoms with Gasteiger partial charge in [0.2, 0.25) is 11.8 Å². The lowest BCUT2D eigenvalue weighted by Gasteiger charge is -2.38. The van der Waals surface area contributed by atoms with Crippen LogP contribution in [0.3, 0.4) is 0 Å². The maximum atomic E-state index is 13.9. The van der Waals surface area contributed by atoms with Gasteiger partial charge in [-0.3, -0.25) is 9.59 Å². The molecule has 0 bridgehead atoms. The molecule has 2 unspecified atom stereocenters. The summed E-state index contributed by atoms with van der Waals surface area (Å²) in [7, 11) is 0. The summed E-state index contributed by atoms with van der Waals surface area (Å²) in [4.78, 5) is 41.4. The van der Waals surface area contributed by atoms with E-state index >= 15 is 0 Å². The molecule has 8 nitrogen and oxygen atoms in total. The minimum Gasteiger partial charge on any atom is -0.507 e. The van der Waals surface area contributed by atoms with Crippen LogP contribution in [0.25, 0.3) is 0 Å². The highest BCUT2D eigenvalue weighted by molar-refractivity contribution is 5.91. The first-order valence-electron chi connectivity index (χ1n) is 13.7. The maximum Gasteiger partial charge on any atom is 0.408 e. The average Bonchev–Trinajstić information content (AvgIpc) is 2.81. The van der Waals surface area contributed by atoms with Crippen molar-refractivity contribution in [3.05, 3.63) is 29.3 Å². The van der Waals surface area contributed by atoms with Crippen molar-refractivity contribution in [3.8, 4) is 5.75 Å². The van der Waals surface area contributed by atoms with Gasteiger partial charge in [-0.25, -0.2) is 4.79 Å². The van der Waals surface area contributed by atoms with Gasteiger partial charge in [0, 0.05) is 17.6 Å². The standard InChI is InChI=1S/C29H47N3O5/c1-19(2)16-17-21(4)32(24(33)18-30-28(36)37-29(5,6)7)25(23-15-11-12-20(3)26(23)34)27(35)31-22-13-9-8-10-14-22/h11-12,15,19,21-22,25,34H,8-10,13-14,16-18H2,1-7H3,(H,30,36)(H,31,35). The molecule has 0 saturated heterocycles. The zero-order chi connectivity index (χ0) is 27.8. The van der Waals surface area contributed by atoms with E-state index in [1.165, 1.54) is 4.90 Å². The van der Waals surface area contributed by atoms with E-state index in [-0.39, 0.29) is 30.3 Å². The van der Waals surface area contributed by atoms with Crippen LogP contribution in [-0.2, 0) is 14.3 Å². The van der Waals surface area contributed by atoms with Gasteiger partial charge in [0.1, 0.15) is 23.9 Å². The van der Waals surface area contributed by atoms with E-state index in [0.717, 1.165) is 38.5 Å². The number of hydrogen-bond donors (Lipinski definition) is 3. The molecule has 2 atom stereocenters. The molecule has 1 saturated carbocycles. The number of aromatic hydroxyl groups is 1. The van der Waals surface area contributed by atoms with E-state index in [9.17, 15) is 19.5 Å². The highest BCUT2D eigenvalue weighted by atomic mass is 16.6. The van der Waals surface area contributed by atoms with Crippen LogP contribution in [0.5, 0.6) is 5.75 Å². The average molecular weight is 518 g/mol. The zero-order valence-corrected chi connectivity index (χ0v) is 23.7. The molecule has 0 radical (unpaired) electrons. The van der Waals surface area contributed by atoms with E-state index in [1.54, 1.807) is 45.9 Å². The van der Waals surface area contributed by atoms with Gasteiger partial charge in [-0.2, -0.15) is 0 Å². The third-order valence-corrected chi connectivity index (χ3v) is 6.75. The van der Waals surface area contributed by atoms with Crippen molar-refractivity contribution in [1.82, 2.24) is 15.5 Å². The fourth-order valence-electron chi connectivity index (χ4n) is 4.76. The number of amides is 3. The topological polar surface area (TPSA) is 108 Å². The molecular weight excluding hydrogens is 470 g/mol. The number of rotatable bonds is 10. The van der Waals surface area contributed by atoms with Gasteiger partial charge in [0.15, 0.2) is 0 Å². The number of carbonyl (C=O) groups excluding carboxylic acids is 3. The molecule has 3 N–H and O–H groups in total. The predicted molar refractivity (Wildman–Crippen MR) is 145 cm³/mol. The molecule has 0 heterocycles. The van der Waals surface area contributed by atoms with Gasteiger partial charge in [0.25, 0.3) is 0 Å². The number of ether oxygens (including phenoxy) is 1. The van der Waals surface area contributed by atoms with Gasteiger partial charge in [-0.15, -0.1) is 0 Å². The maximum absolute atomic E-state index is 13.9. The van der Waals surface area contributed by atoms with Crippen molar-refractivity contribution >= 4 is 17.9 Å². The van der Waals surface area contributed by atoms with Crippen molar-refractivity contribution < 1.29 is 24.2 Å². The Hall–Kier alpha value is -2.77. The lowest BCUT2D eigenvalue weighted by molar-refractivity contribution is -0.143. The molecule has 0 spiro atoms. The molecule has 0 aromatic heterocycles. The predicted octanol–water partition coefficient (Wildman–Crippen LogP) is 5.37. The minimum absolute atomic E-state index is 0.000236. The van der Waals surface area contributed by atoms with E-state index in [1.807, 2.05) is 6.92 Å². The third-order valence-electron chi connectivity index (χ3n) is 6.75. The second kappa shape index (κ2) is 13.7. The van der Waals surface area contributed by atoms with Crippen molar-refractivity contribution in [2.75, 3.05) is 6.54 Å². The quantitative estimate of drug-likeness (QED) is 0.387. The van der Waals surface area contributed by atoms with Crippen LogP contribution in [0.15, 0.2) is 18.2 Å². The monoisotopic (exact) mass is 517 g/mol. The Morgan fingerprint density at radius 3 is 2.32 bits per heavy atom. The van der Waals surface area contributed by atoms with Crippen molar-refractivity contribution in [2.45, 2.75) is 117 Å². The van der Waals surface area contributed by atoms with Gasteiger partial charge in [-0.05, 0) is 71.8 Å². The van der Waals surface area contributed by atoms with Crippen LogP contribution in [0.2, 0.25) is 0 Å². The Kier molecular flexibility index (Phi) is 11.3. The Balaban J connectivity index is 2.43. The molecule has 0 aliphatic heterocycles. The molecule has 8 heteroatoms. The number of nitrogens with one attached hydrogen (secondary N) is 2. The molecule has 37 heavy (non-hydrogen) atoms. The highest BCUT2D eigenvalue weighted by Crippen LogP contribution is 2.34. The molecule has 1 aliphatic rings. The number of carbonyl (C=O) groups is 3. The summed E-state index contributed by atoms with van der Waals surface area (Å²) in [6.45, 7) is 12.9. The largest absolute Gasteiger partial charge is 0.507 e. The van der Waals surface area contributed by atoms with Crippen molar-refractivity contribution in [3.63, 3.8) is 0 Å². The van der Waals surface area contributed by atoms with Crippen LogP contribution < -0.4 is 10.6 Å². The molecular formula is C29H47N3O5. The second-order valence-corrected chi connectivity index (χ2v) is 11.7. The lowest BCUT2D eigenvalue weighted by atomic mass is 9.93. The summed E-state index contributed by atoms with van der Waals surface area (Å²) in [5.74, 6) is -0.303. The number of para-hydroxylation sites is 1. The Labute approximate surface area is 222 Å². The smallest absolute Gasteiger partial charge is 0.408 e. The normalized spacial score (nSPS) is 16.1. The Bertz CT molecular complexity index is 919. The number of benzene rings is 1. The summed E-state index contributed by atoms with van der Waals surface area (Å²) in [5.41, 5.74) is 0.310. The first-order chi connectivity index (χ1) is 17.3. The van der Waals surface area contributed by atoms with Crippen LogP contribution in [-0.4, -0.2) is 52.1 Å². The SMILES string of the molecule is Cc1cccc(C(C(=O)NC2CCCCC2)N(C(=O)CNC(=O)OC(C)(C)C)C(C)CCC(C)C)c1O. The van der Waals surface area contributed by atoms with E-state index in [4.69, 9.17) is 4.74 Å². The van der Waals surface area contributed by atoms with E-state index in [2.05, 4.69) is 24.5 Å². The van der Waals surface area contributed by atoms with Gasteiger partial charge >= 0.3 is 6.09 Å². The molecule has 1 aromatic rings. The van der Waals surface area contributed by atoms with Gasteiger partial charge < -0.3 is 25.4 Å². The highest BCUT2D eigenvalue weighted by Gasteiger charge is 2.37. The molecule has 208 valence electrons.